The lowest BCUT2D eigenvalue weighted by Gasteiger charge is -2.12. The van der Waals surface area contributed by atoms with Gasteiger partial charge in [-0.2, -0.15) is 0 Å². The van der Waals surface area contributed by atoms with Crippen molar-refractivity contribution in [1.82, 2.24) is 5.48 Å². The first-order valence-electron chi connectivity index (χ1n) is 8.30. The van der Waals surface area contributed by atoms with Crippen LogP contribution < -0.4 is 5.48 Å². The maximum absolute atomic E-state index is 10.8. The van der Waals surface area contributed by atoms with Crippen molar-refractivity contribution in [1.29, 1.82) is 0 Å². The number of carbonyl (C=O) groups is 1. The number of benzene rings is 2. The monoisotopic (exact) mass is 315 g/mol. The first-order valence-corrected chi connectivity index (χ1v) is 8.30. The van der Waals surface area contributed by atoms with Crippen molar-refractivity contribution in [3.8, 4) is 0 Å². The Morgan fingerprint density at radius 3 is 2.43 bits per heavy atom. The fraction of sp³-hybridized carbons (Fsp3) is 0.421. The smallest absolute Gasteiger partial charge is 0.243 e. The molecule has 2 aromatic rings. The number of hydrogen-bond donors (Lipinski definition) is 3. The Morgan fingerprint density at radius 2 is 1.65 bits per heavy atom. The maximum Gasteiger partial charge on any atom is 0.243 e. The zero-order valence-corrected chi connectivity index (χ0v) is 13.4. The second kappa shape index (κ2) is 9.28. The van der Waals surface area contributed by atoms with Gasteiger partial charge in [0.1, 0.15) is 0 Å². The highest BCUT2D eigenvalue weighted by Gasteiger charge is 2.08. The van der Waals surface area contributed by atoms with Gasteiger partial charge in [-0.25, -0.2) is 5.48 Å². The van der Waals surface area contributed by atoms with Crippen LogP contribution in [0.2, 0.25) is 0 Å². The Kier molecular flexibility index (Phi) is 7.04. The van der Waals surface area contributed by atoms with Crippen molar-refractivity contribution in [3.63, 3.8) is 0 Å². The SMILES string of the molecule is O=C(CCCCCCCC(O)c1ccc2ccccc2c1)NO. The van der Waals surface area contributed by atoms with Crippen molar-refractivity contribution in [2.24, 2.45) is 0 Å². The average Bonchev–Trinajstić information content (AvgIpc) is 2.60. The van der Waals surface area contributed by atoms with E-state index in [-0.39, 0.29) is 5.91 Å². The lowest BCUT2D eigenvalue weighted by atomic mass is 9.99. The molecule has 0 radical (unpaired) electrons. The molecular weight excluding hydrogens is 290 g/mol. The number of aliphatic hydroxyl groups is 1. The highest BCUT2D eigenvalue weighted by molar-refractivity contribution is 5.83. The van der Waals surface area contributed by atoms with Crippen LogP contribution in [0.3, 0.4) is 0 Å². The van der Waals surface area contributed by atoms with Crippen LogP contribution in [0.15, 0.2) is 42.5 Å². The first-order chi connectivity index (χ1) is 11.2. The molecule has 1 atom stereocenters. The molecule has 1 amide bonds. The van der Waals surface area contributed by atoms with E-state index in [0.29, 0.717) is 6.42 Å². The van der Waals surface area contributed by atoms with Crippen LogP contribution in [0.25, 0.3) is 10.8 Å². The summed E-state index contributed by atoms with van der Waals surface area (Å²) in [5.41, 5.74) is 2.62. The highest BCUT2D eigenvalue weighted by atomic mass is 16.5. The standard InChI is InChI=1S/C19H25NO3/c21-18(10-4-2-1-3-5-11-19(22)20-23)17-13-12-15-8-6-7-9-16(15)14-17/h6-9,12-14,18,21,23H,1-5,10-11H2,(H,20,22). The van der Waals surface area contributed by atoms with Gasteiger partial charge in [0.15, 0.2) is 0 Å². The minimum Gasteiger partial charge on any atom is -0.388 e. The summed E-state index contributed by atoms with van der Waals surface area (Å²) in [4.78, 5) is 10.8. The fourth-order valence-electron chi connectivity index (χ4n) is 2.79. The van der Waals surface area contributed by atoms with Crippen molar-refractivity contribution in [2.75, 3.05) is 0 Å². The summed E-state index contributed by atoms with van der Waals surface area (Å²) in [5.74, 6) is -0.322. The van der Waals surface area contributed by atoms with Gasteiger partial charge in [-0.3, -0.25) is 10.0 Å². The van der Waals surface area contributed by atoms with Crippen molar-refractivity contribution in [3.05, 3.63) is 48.0 Å². The zero-order chi connectivity index (χ0) is 16.5. The van der Waals surface area contributed by atoms with E-state index in [0.717, 1.165) is 49.5 Å². The van der Waals surface area contributed by atoms with Crippen LogP contribution in [0.4, 0.5) is 0 Å². The molecule has 1 unspecified atom stereocenters. The zero-order valence-electron chi connectivity index (χ0n) is 13.4. The van der Waals surface area contributed by atoms with Crippen LogP contribution in [0, 0.1) is 0 Å². The Balaban J connectivity index is 1.68. The molecule has 0 aliphatic carbocycles. The molecule has 124 valence electrons. The minimum absolute atomic E-state index is 0.322. The summed E-state index contributed by atoms with van der Waals surface area (Å²) in [7, 11) is 0. The van der Waals surface area contributed by atoms with Gasteiger partial charge in [-0.15, -0.1) is 0 Å². The lowest BCUT2D eigenvalue weighted by molar-refractivity contribution is -0.129. The fourth-order valence-corrected chi connectivity index (χ4v) is 2.79. The molecule has 0 aromatic heterocycles. The molecule has 0 bridgehead atoms. The molecule has 23 heavy (non-hydrogen) atoms. The molecule has 0 fully saturated rings. The normalized spacial score (nSPS) is 12.3. The number of hydroxylamine groups is 1. The van der Waals surface area contributed by atoms with Crippen molar-refractivity contribution < 1.29 is 15.1 Å². The van der Waals surface area contributed by atoms with E-state index in [1.54, 1.807) is 5.48 Å². The van der Waals surface area contributed by atoms with E-state index in [4.69, 9.17) is 5.21 Å². The van der Waals surface area contributed by atoms with E-state index in [1.165, 1.54) is 5.39 Å². The van der Waals surface area contributed by atoms with Gasteiger partial charge in [-0.05, 0) is 35.2 Å². The van der Waals surface area contributed by atoms with Gasteiger partial charge in [0.2, 0.25) is 5.91 Å². The molecule has 0 heterocycles. The van der Waals surface area contributed by atoms with Crippen LogP contribution >= 0.6 is 0 Å². The van der Waals surface area contributed by atoms with Gasteiger partial charge in [0, 0.05) is 6.42 Å². The van der Waals surface area contributed by atoms with Gasteiger partial charge < -0.3 is 5.11 Å². The Bertz CT molecular complexity index is 627. The quantitative estimate of drug-likeness (QED) is 0.370. The summed E-state index contributed by atoms with van der Waals surface area (Å²) < 4.78 is 0. The molecule has 4 heteroatoms. The number of amides is 1. The number of rotatable bonds is 9. The molecule has 0 aliphatic rings. The predicted octanol–water partition coefficient (Wildman–Crippen LogP) is 4.11. The molecule has 0 saturated carbocycles. The van der Waals surface area contributed by atoms with E-state index < -0.39 is 6.10 Å². The molecule has 2 aromatic carbocycles. The third kappa shape index (κ3) is 5.66. The average molecular weight is 315 g/mol. The first kappa shape index (κ1) is 17.4. The molecule has 2 rings (SSSR count). The number of carbonyl (C=O) groups excluding carboxylic acids is 1. The van der Waals surface area contributed by atoms with E-state index in [1.807, 2.05) is 18.2 Å². The van der Waals surface area contributed by atoms with Crippen LogP contribution in [-0.4, -0.2) is 16.2 Å². The second-order valence-electron chi connectivity index (χ2n) is 5.96. The second-order valence-corrected chi connectivity index (χ2v) is 5.96. The largest absolute Gasteiger partial charge is 0.388 e. The van der Waals surface area contributed by atoms with Gasteiger partial charge in [-0.1, -0.05) is 62.1 Å². The number of aliphatic hydroxyl groups excluding tert-OH is 1. The highest BCUT2D eigenvalue weighted by Crippen LogP contribution is 2.24. The van der Waals surface area contributed by atoms with Crippen LogP contribution in [0.1, 0.15) is 56.6 Å². The van der Waals surface area contributed by atoms with E-state index >= 15 is 0 Å². The number of nitrogens with one attached hydrogen (secondary N) is 1. The van der Waals surface area contributed by atoms with Gasteiger partial charge >= 0.3 is 0 Å². The number of hydrogen-bond acceptors (Lipinski definition) is 3. The molecule has 0 saturated heterocycles. The molecule has 4 nitrogen and oxygen atoms in total. The maximum atomic E-state index is 10.8. The lowest BCUT2D eigenvalue weighted by Crippen LogP contribution is -2.17. The van der Waals surface area contributed by atoms with Gasteiger partial charge in [0.25, 0.3) is 0 Å². The van der Waals surface area contributed by atoms with Crippen molar-refractivity contribution in [2.45, 2.75) is 51.0 Å². The molecule has 0 spiro atoms. The summed E-state index contributed by atoms with van der Waals surface area (Å²) >= 11 is 0. The van der Waals surface area contributed by atoms with Crippen LogP contribution in [-0.2, 0) is 4.79 Å². The molecule has 0 aliphatic heterocycles. The number of unbranched alkanes of at least 4 members (excludes halogenated alkanes) is 4. The topological polar surface area (TPSA) is 69.6 Å². The Labute approximate surface area is 137 Å². The number of fused-ring (bicyclic) bond motifs is 1. The van der Waals surface area contributed by atoms with Crippen LogP contribution in [0.5, 0.6) is 0 Å². The predicted molar refractivity (Wildman–Crippen MR) is 91.2 cm³/mol. The summed E-state index contributed by atoms with van der Waals surface area (Å²) in [5, 5.41) is 21.0. The third-order valence-corrected chi connectivity index (χ3v) is 4.16. The third-order valence-electron chi connectivity index (χ3n) is 4.16. The Morgan fingerprint density at radius 1 is 0.957 bits per heavy atom. The molecule has 3 N–H and O–H groups in total. The summed E-state index contributed by atoms with van der Waals surface area (Å²) in [6.07, 6.45) is 5.54. The summed E-state index contributed by atoms with van der Waals surface area (Å²) in [6, 6.07) is 14.3. The summed E-state index contributed by atoms with van der Waals surface area (Å²) in [6.45, 7) is 0. The molecular formula is C19H25NO3. The minimum atomic E-state index is -0.417. The van der Waals surface area contributed by atoms with Crippen molar-refractivity contribution >= 4 is 16.7 Å². The van der Waals surface area contributed by atoms with Gasteiger partial charge in [0.05, 0.1) is 6.10 Å². The van der Waals surface area contributed by atoms with E-state index in [2.05, 4.69) is 24.3 Å². The Hall–Kier alpha value is -1.91. The van der Waals surface area contributed by atoms with E-state index in [9.17, 15) is 9.90 Å².